The van der Waals surface area contributed by atoms with Gasteiger partial charge in [-0.25, -0.2) is 4.98 Å². The van der Waals surface area contributed by atoms with E-state index in [4.69, 9.17) is 0 Å². The number of hydrogen-bond donors (Lipinski definition) is 1. The van der Waals surface area contributed by atoms with Crippen LogP contribution in [0.3, 0.4) is 0 Å². The third-order valence-corrected chi connectivity index (χ3v) is 3.93. The molecule has 2 aliphatic rings. The summed E-state index contributed by atoms with van der Waals surface area (Å²) in [5.74, 6) is 2.37. The summed E-state index contributed by atoms with van der Waals surface area (Å²) in [5, 5.41) is 13.9. The monoisotopic (exact) mass is 233 g/mol. The van der Waals surface area contributed by atoms with E-state index in [1.165, 1.54) is 37.9 Å². The van der Waals surface area contributed by atoms with Crippen LogP contribution < -0.4 is 5.32 Å². The first-order valence-corrected chi connectivity index (χ1v) is 6.13. The number of nitro groups is 1. The zero-order valence-electron chi connectivity index (χ0n) is 9.50. The molecule has 1 aromatic rings. The molecule has 3 rings (SSSR count). The van der Waals surface area contributed by atoms with Crippen LogP contribution in [-0.4, -0.2) is 15.9 Å². The highest BCUT2D eigenvalue weighted by Gasteiger charge is 2.50. The molecule has 2 fully saturated rings. The van der Waals surface area contributed by atoms with Crippen LogP contribution in [-0.2, 0) is 0 Å². The number of anilines is 1. The summed E-state index contributed by atoms with van der Waals surface area (Å²) in [7, 11) is 0. The van der Waals surface area contributed by atoms with Crippen molar-refractivity contribution in [2.75, 3.05) is 5.32 Å². The molecule has 1 heterocycles. The van der Waals surface area contributed by atoms with Gasteiger partial charge in [0, 0.05) is 12.1 Å². The summed E-state index contributed by atoms with van der Waals surface area (Å²) in [4.78, 5) is 14.2. The molecule has 1 aromatic heterocycles. The lowest BCUT2D eigenvalue weighted by Gasteiger charge is -2.04. The van der Waals surface area contributed by atoms with Crippen molar-refractivity contribution in [2.24, 2.45) is 11.8 Å². The predicted molar refractivity (Wildman–Crippen MR) is 63.8 cm³/mol. The lowest BCUT2D eigenvalue weighted by molar-refractivity contribution is -0.385. The van der Waals surface area contributed by atoms with Crippen LogP contribution in [0.25, 0.3) is 0 Å². The summed E-state index contributed by atoms with van der Waals surface area (Å²) in [5.41, 5.74) is 0.0452. The zero-order chi connectivity index (χ0) is 11.8. The van der Waals surface area contributed by atoms with Gasteiger partial charge in [-0.05, 0) is 30.7 Å². The number of fused-ring (bicyclic) bond motifs is 1. The van der Waals surface area contributed by atoms with Gasteiger partial charge in [0.2, 0.25) is 0 Å². The van der Waals surface area contributed by atoms with Crippen LogP contribution in [0.5, 0.6) is 0 Å². The third-order valence-electron chi connectivity index (χ3n) is 3.93. The molecule has 0 amide bonds. The van der Waals surface area contributed by atoms with Crippen molar-refractivity contribution in [3.8, 4) is 0 Å². The average molecular weight is 233 g/mol. The highest BCUT2D eigenvalue weighted by molar-refractivity contribution is 5.42. The number of aromatic nitrogens is 1. The minimum absolute atomic E-state index is 0.0452. The Bertz CT molecular complexity index is 420. The van der Waals surface area contributed by atoms with E-state index in [0.717, 1.165) is 17.7 Å². The number of pyridine rings is 1. The predicted octanol–water partition coefficient (Wildman–Crippen LogP) is 2.59. The Hall–Kier alpha value is -1.65. The van der Waals surface area contributed by atoms with Gasteiger partial charge >= 0.3 is 0 Å². The van der Waals surface area contributed by atoms with Gasteiger partial charge in [-0.2, -0.15) is 0 Å². The second-order valence-corrected chi connectivity index (χ2v) is 4.94. The molecule has 90 valence electrons. The molecule has 17 heavy (non-hydrogen) atoms. The van der Waals surface area contributed by atoms with Gasteiger partial charge in [-0.15, -0.1) is 0 Å². The molecule has 0 radical (unpaired) electrons. The Balaban J connectivity index is 1.64. The normalized spacial score (nSPS) is 30.5. The van der Waals surface area contributed by atoms with E-state index >= 15 is 0 Å². The third kappa shape index (κ3) is 1.97. The van der Waals surface area contributed by atoms with E-state index in [1.54, 1.807) is 6.07 Å². The second kappa shape index (κ2) is 3.98. The van der Waals surface area contributed by atoms with Gasteiger partial charge < -0.3 is 5.32 Å². The van der Waals surface area contributed by atoms with E-state index in [-0.39, 0.29) is 5.69 Å². The fourth-order valence-electron chi connectivity index (χ4n) is 2.96. The average Bonchev–Trinajstić information content (AvgIpc) is 3.04. The summed E-state index contributed by atoms with van der Waals surface area (Å²) in [6, 6.07) is 3.75. The molecule has 0 spiro atoms. The largest absolute Gasteiger partial charge is 0.367 e. The summed E-state index contributed by atoms with van der Waals surface area (Å²) in [6.45, 7) is 0. The van der Waals surface area contributed by atoms with Gasteiger partial charge in [0.15, 0.2) is 0 Å². The van der Waals surface area contributed by atoms with Gasteiger partial charge in [-0.3, -0.25) is 10.1 Å². The molecule has 5 nitrogen and oxygen atoms in total. The molecule has 1 N–H and O–H groups in total. The molecule has 2 unspecified atom stereocenters. The minimum Gasteiger partial charge on any atom is -0.367 e. The Kier molecular flexibility index (Phi) is 2.46. The first-order valence-electron chi connectivity index (χ1n) is 6.13. The summed E-state index contributed by atoms with van der Waals surface area (Å²) < 4.78 is 0. The van der Waals surface area contributed by atoms with Crippen LogP contribution in [0.15, 0.2) is 18.3 Å². The maximum Gasteiger partial charge on any atom is 0.287 e. The Morgan fingerprint density at radius 1 is 1.29 bits per heavy atom. The lowest BCUT2D eigenvalue weighted by atomic mass is 10.0. The molecule has 2 saturated carbocycles. The van der Waals surface area contributed by atoms with Crippen molar-refractivity contribution in [2.45, 2.75) is 31.7 Å². The molecule has 0 aromatic carbocycles. The van der Waals surface area contributed by atoms with Crippen LogP contribution in [0.1, 0.15) is 25.7 Å². The van der Waals surface area contributed by atoms with E-state index < -0.39 is 4.92 Å². The molecule has 0 saturated heterocycles. The molecule has 5 heteroatoms. The van der Waals surface area contributed by atoms with E-state index in [2.05, 4.69) is 10.3 Å². The van der Waals surface area contributed by atoms with Crippen LogP contribution in [0.2, 0.25) is 0 Å². The van der Waals surface area contributed by atoms with Gasteiger partial charge in [0.25, 0.3) is 5.69 Å². The van der Waals surface area contributed by atoms with Gasteiger partial charge in [0.1, 0.15) is 12.0 Å². The first kappa shape index (κ1) is 10.5. The SMILES string of the molecule is O=[N+]([O-])c1ccc(NC2C3CCCCC32)nc1. The topological polar surface area (TPSA) is 68.1 Å². The van der Waals surface area contributed by atoms with Crippen molar-refractivity contribution in [3.63, 3.8) is 0 Å². The van der Waals surface area contributed by atoms with E-state index in [9.17, 15) is 10.1 Å². The van der Waals surface area contributed by atoms with Crippen molar-refractivity contribution in [1.29, 1.82) is 0 Å². The standard InChI is InChI=1S/C12H15N3O2/c16-15(17)8-5-6-11(13-7-8)14-12-9-3-1-2-4-10(9)12/h5-7,9-10,12H,1-4H2,(H,13,14). The molecular weight excluding hydrogens is 218 g/mol. The molecular formula is C12H15N3O2. The second-order valence-electron chi connectivity index (χ2n) is 4.94. The molecule has 0 bridgehead atoms. The maximum absolute atomic E-state index is 10.5. The Morgan fingerprint density at radius 3 is 2.53 bits per heavy atom. The van der Waals surface area contributed by atoms with Crippen molar-refractivity contribution >= 4 is 11.5 Å². The highest BCUT2D eigenvalue weighted by atomic mass is 16.6. The fourth-order valence-corrected chi connectivity index (χ4v) is 2.96. The van der Waals surface area contributed by atoms with Crippen molar-refractivity contribution < 1.29 is 4.92 Å². The molecule has 0 aliphatic heterocycles. The van der Waals surface area contributed by atoms with Crippen molar-refractivity contribution in [1.82, 2.24) is 4.98 Å². The van der Waals surface area contributed by atoms with Crippen LogP contribution >= 0.6 is 0 Å². The smallest absolute Gasteiger partial charge is 0.287 e. The summed E-state index contributed by atoms with van der Waals surface area (Å²) >= 11 is 0. The maximum atomic E-state index is 10.5. The Labute approximate surface area is 99.4 Å². The highest BCUT2D eigenvalue weighted by Crippen LogP contribution is 2.50. The number of nitrogens with zero attached hydrogens (tertiary/aromatic N) is 2. The zero-order valence-corrected chi connectivity index (χ0v) is 9.50. The van der Waals surface area contributed by atoms with Gasteiger partial charge in [0.05, 0.1) is 4.92 Å². The number of rotatable bonds is 3. The molecule has 2 aliphatic carbocycles. The van der Waals surface area contributed by atoms with Crippen molar-refractivity contribution in [3.05, 3.63) is 28.4 Å². The lowest BCUT2D eigenvalue weighted by Crippen LogP contribution is -2.07. The van der Waals surface area contributed by atoms with Crippen LogP contribution in [0, 0.1) is 22.0 Å². The van der Waals surface area contributed by atoms with Gasteiger partial charge in [-0.1, -0.05) is 12.8 Å². The van der Waals surface area contributed by atoms with Crippen LogP contribution in [0.4, 0.5) is 11.5 Å². The number of nitrogens with one attached hydrogen (secondary N) is 1. The van der Waals surface area contributed by atoms with E-state index in [1.807, 2.05) is 0 Å². The molecule has 2 atom stereocenters. The first-order chi connectivity index (χ1) is 8.25. The van der Waals surface area contributed by atoms with E-state index in [0.29, 0.717) is 6.04 Å². The fraction of sp³-hybridized carbons (Fsp3) is 0.583. The quantitative estimate of drug-likeness (QED) is 0.643. The number of hydrogen-bond acceptors (Lipinski definition) is 4. The minimum atomic E-state index is -0.423. The Morgan fingerprint density at radius 2 is 2.00 bits per heavy atom. The summed E-state index contributed by atoms with van der Waals surface area (Å²) in [6.07, 6.45) is 6.62.